The van der Waals surface area contributed by atoms with Crippen molar-refractivity contribution in [3.63, 3.8) is 0 Å². The fourth-order valence-corrected chi connectivity index (χ4v) is 3.14. The number of aromatic nitrogens is 6. The number of halogens is 1. The summed E-state index contributed by atoms with van der Waals surface area (Å²) in [5.74, 6) is 0.417. The number of nitrogens with one attached hydrogen (secondary N) is 1. The Balaban J connectivity index is 1.75. The predicted octanol–water partition coefficient (Wildman–Crippen LogP) is 3.46. The van der Waals surface area contributed by atoms with Crippen LogP contribution in [0.3, 0.4) is 0 Å². The lowest BCUT2D eigenvalue weighted by molar-refractivity contribution is 0.626. The summed E-state index contributed by atoms with van der Waals surface area (Å²) in [6, 6.07) is 6.71. The first-order valence-electron chi connectivity index (χ1n) is 8.44. The average Bonchev–Trinajstić information content (AvgIpc) is 3.34. The van der Waals surface area contributed by atoms with E-state index in [1.165, 1.54) is 12.1 Å². The molecule has 0 saturated carbocycles. The Morgan fingerprint density at radius 3 is 2.81 bits per heavy atom. The molecule has 0 aliphatic heterocycles. The van der Waals surface area contributed by atoms with Crippen LogP contribution in [0, 0.1) is 19.7 Å². The van der Waals surface area contributed by atoms with Crippen molar-refractivity contribution < 1.29 is 4.39 Å². The fourth-order valence-electron chi connectivity index (χ4n) is 3.14. The van der Waals surface area contributed by atoms with Gasteiger partial charge in [-0.1, -0.05) is 0 Å². The third kappa shape index (κ3) is 3.03. The molecule has 0 saturated heterocycles. The number of imidazole rings is 2. The summed E-state index contributed by atoms with van der Waals surface area (Å²) in [5, 5.41) is 4.54. The van der Waals surface area contributed by atoms with Gasteiger partial charge < -0.3 is 9.55 Å². The van der Waals surface area contributed by atoms with Crippen LogP contribution in [0.2, 0.25) is 0 Å². The van der Waals surface area contributed by atoms with Crippen molar-refractivity contribution in [1.82, 2.24) is 29.3 Å². The second kappa shape index (κ2) is 6.59. The van der Waals surface area contributed by atoms with Crippen molar-refractivity contribution in [1.29, 1.82) is 0 Å². The van der Waals surface area contributed by atoms with Gasteiger partial charge >= 0.3 is 0 Å². The summed E-state index contributed by atoms with van der Waals surface area (Å²) in [6.07, 6.45) is 7.89. The van der Waals surface area contributed by atoms with Gasteiger partial charge in [0, 0.05) is 48.5 Å². The number of H-pyrrole nitrogens is 1. The molecule has 0 aliphatic carbocycles. The van der Waals surface area contributed by atoms with Crippen LogP contribution in [-0.4, -0.2) is 29.3 Å². The summed E-state index contributed by atoms with van der Waals surface area (Å²) in [5.41, 5.74) is 4.48. The highest BCUT2D eigenvalue weighted by atomic mass is 19.1. The van der Waals surface area contributed by atoms with E-state index in [1.54, 1.807) is 24.8 Å². The summed E-state index contributed by atoms with van der Waals surface area (Å²) in [4.78, 5) is 11.6. The van der Waals surface area contributed by atoms with Crippen molar-refractivity contribution in [2.24, 2.45) is 0 Å². The van der Waals surface area contributed by atoms with Crippen molar-refractivity contribution in [3.8, 4) is 17.1 Å². The Hall–Kier alpha value is -3.22. The minimum absolute atomic E-state index is 0.298. The molecule has 132 valence electrons. The molecule has 3 aromatic heterocycles. The van der Waals surface area contributed by atoms with Gasteiger partial charge in [-0.05, 0) is 38.1 Å². The summed E-state index contributed by atoms with van der Waals surface area (Å²) < 4.78 is 17.9. The van der Waals surface area contributed by atoms with Crippen molar-refractivity contribution in [3.05, 3.63) is 72.1 Å². The molecule has 0 unspecified atom stereocenters. The molecule has 0 atom stereocenters. The van der Waals surface area contributed by atoms with E-state index >= 15 is 0 Å². The Morgan fingerprint density at radius 2 is 2.08 bits per heavy atom. The van der Waals surface area contributed by atoms with E-state index in [1.807, 2.05) is 35.4 Å². The second-order valence-corrected chi connectivity index (χ2v) is 6.27. The molecular weight excluding hydrogens is 331 g/mol. The van der Waals surface area contributed by atoms with E-state index in [2.05, 4.69) is 20.1 Å². The van der Waals surface area contributed by atoms with Crippen LogP contribution in [0.4, 0.5) is 4.39 Å². The van der Waals surface area contributed by atoms with Crippen molar-refractivity contribution in [2.75, 3.05) is 0 Å². The third-order valence-electron chi connectivity index (χ3n) is 4.33. The van der Waals surface area contributed by atoms with E-state index in [4.69, 9.17) is 0 Å². The summed E-state index contributed by atoms with van der Waals surface area (Å²) in [6.45, 7) is 4.64. The number of aromatic amines is 1. The number of hydrogen-bond acceptors (Lipinski definition) is 3. The zero-order chi connectivity index (χ0) is 18.1. The van der Waals surface area contributed by atoms with Gasteiger partial charge in [0.1, 0.15) is 11.6 Å². The minimum atomic E-state index is -0.298. The minimum Gasteiger partial charge on any atom is -0.348 e. The topological polar surface area (TPSA) is 64.3 Å². The Bertz CT molecular complexity index is 1030. The normalized spacial score (nSPS) is 11.2. The zero-order valence-corrected chi connectivity index (χ0v) is 14.6. The van der Waals surface area contributed by atoms with Crippen LogP contribution in [0.1, 0.15) is 17.1 Å². The monoisotopic (exact) mass is 350 g/mol. The van der Waals surface area contributed by atoms with Crippen molar-refractivity contribution >= 4 is 0 Å². The van der Waals surface area contributed by atoms with Gasteiger partial charge in [-0.25, -0.2) is 19.0 Å². The van der Waals surface area contributed by atoms with E-state index in [-0.39, 0.29) is 5.82 Å². The second-order valence-electron chi connectivity index (χ2n) is 6.27. The van der Waals surface area contributed by atoms with E-state index < -0.39 is 0 Å². The zero-order valence-electron chi connectivity index (χ0n) is 14.6. The van der Waals surface area contributed by atoms with Gasteiger partial charge in [0.15, 0.2) is 0 Å². The lowest BCUT2D eigenvalue weighted by atomic mass is 10.1. The van der Waals surface area contributed by atoms with Crippen LogP contribution >= 0.6 is 0 Å². The molecule has 0 fully saturated rings. The summed E-state index contributed by atoms with van der Waals surface area (Å²) >= 11 is 0. The number of rotatable bonds is 5. The van der Waals surface area contributed by atoms with Crippen LogP contribution in [0.5, 0.6) is 0 Å². The highest BCUT2D eigenvalue weighted by molar-refractivity contribution is 5.68. The third-order valence-corrected chi connectivity index (χ3v) is 4.33. The summed E-state index contributed by atoms with van der Waals surface area (Å²) in [7, 11) is 0. The molecule has 0 radical (unpaired) electrons. The van der Waals surface area contributed by atoms with E-state index in [9.17, 15) is 4.39 Å². The average molecular weight is 350 g/mol. The maximum Gasteiger partial charge on any atom is 0.142 e. The number of benzene rings is 1. The van der Waals surface area contributed by atoms with Gasteiger partial charge in [0.25, 0.3) is 0 Å². The molecule has 1 aromatic carbocycles. The first kappa shape index (κ1) is 16.3. The molecule has 7 heteroatoms. The number of aryl methyl sites for hydroxylation is 4. The van der Waals surface area contributed by atoms with Crippen molar-refractivity contribution in [2.45, 2.75) is 26.8 Å². The van der Waals surface area contributed by atoms with Gasteiger partial charge in [0.2, 0.25) is 0 Å². The smallest absolute Gasteiger partial charge is 0.142 e. The predicted molar refractivity (Wildman–Crippen MR) is 96.5 cm³/mol. The molecule has 0 bridgehead atoms. The quantitative estimate of drug-likeness (QED) is 0.599. The SMILES string of the molecule is Cc1cc(C)n(-c2ccc(F)cc2-c2nccn2CCc2cnc[nH]2)n1. The van der Waals surface area contributed by atoms with Crippen LogP contribution in [0.15, 0.2) is 49.2 Å². The lowest BCUT2D eigenvalue weighted by Crippen LogP contribution is -2.07. The molecule has 26 heavy (non-hydrogen) atoms. The van der Waals surface area contributed by atoms with Crippen LogP contribution in [-0.2, 0) is 13.0 Å². The molecule has 3 heterocycles. The highest BCUT2D eigenvalue weighted by Gasteiger charge is 2.16. The maximum absolute atomic E-state index is 14.0. The highest BCUT2D eigenvalue weighted by Crippen LogP contribution is 2.27. The Kier molecular flexibility index (Phi) is 4.12. The van der Waals surface area contributed by atoms with Crippen LogP contribution < -0.4 is 0 Å². The Labute approximate surface area is 150 Å². The van der Waals surface area contributed by atoms with Gasteiger partial charge in [-0.2, -0.15) is 5.10 Å². The molecule has 6 nitrogen and oxygen atoms in total. The first-order valence-corrected chi connectivity index (χ1v) is 8.44. The molecule has 4 aromatic rings. The standard InChI is InChI=1S/C19H19FN6/c1-13-9-14(2)26(24-13)18-4-3-15(20)10-17(18)19-22-6-8-25(19)7-5-16-11-21-12-23-16/h3-4,6,8-12H,5,7H2,1-2H3,(H,21,23). The molecule has 0 spiro atoms. The lowest BCUT2D eigenvalue weighted by Gasteiger charge is -2.13. The first-order chi connectivity index (χ1) is 12.6. The molecule has 4 rings (SSSR count). The number of nitrogens with zero attached hydrogens (tertiary/aromatic N) is 5. The number of hydrogen-bond donors (Lipinski definition) is 1. The van der Waals surface area contributed by atoms with Gasteiger partial charge in [-0.3, -0.25) is 0 Å². The van der Waals surface area contributed by atoms with Gasteiger partial charge in [0.05, 0.1) is 17.7 Å². The molecule has 0 amide bonds. The van der Waals surface area contributed by atoms with Crippen LogP contribution in [0.25, 0.3) is 17.1 Å². The molecule has 0 aliphatic rings. The van der Waals surface area contributed by atoms with E-state index in [0.717, 1.165) is 29.2 Å². The fraction of sp³-hybridized carbons (Fsp3) is 0.211. The van der Waals surface area contributed by atoms with E-state index in [0.29, 0.717) is 17.9 Å². The molecule has 1 N–H and O–H groups in total. The largest absolute Gasteiger partial charge is 0.348 e. The van der Waals surface area contributed by atoms with Gasteiger partial charge in [-0.15, -0.1) is 0 Å². The maximum atomic E-state index is 14.0. The molecular formula is C19H19FN6. The Morgan fingerprint density at radius 1 is 1.19 bits per heavy atom.